The number of amides is 1. The normalized spacial score (nSPS) is 10.6. The Morgan fingerprint density at radius 1 is 1.05 bits per heavy atom. The van der Waals surface area contributed by atoms with Gasteiger partial charge >= 0.3 is 0 Å². The van der Waals surface area contributed by atoms with Gasteiger partial charge in [0.05, 0.1) is 0 Å². The molecule has 96 valence electrons. The number of anilines is 1. The van der Waals surface area contributed by atoms with Crippen LogP contribution in [-0.4, -0.2) is 5.91 Å². The number of halogens is 2. The van der Waals surface area contributed by atoms with Gasteiger partial charge in [-0.15, -0.1) is 0 Å². The Morgan fingerprint density at radius 2 is 1.68 bits per heavy atom. The van der Waals surface area contributed by atoms with Gasteiger partial charge in [-0.1, -0.05) is 28.1 Å². The minimum Gasteiger partial charge on any atom is -0.323 e. The van der Waals surface area contributed by atoms with Crippen molar-refractivity contribution < 1.29 is 4.79 Å². The third-order valence-corrected chi connectivity index (χ3v) is 3.66. The molecule has 0 spiro atoms. The van der Waals surface area contributed by atoms with Crippen LogP contribution in [0.25, 0.3) is 6.08 Å². The molecule has 0 saturated carbocycles. The van der Waals surface area contributed by atoms with Crippen LogP contribution in [-0.2, 0) is 4.79 Å². The number of carbonyl (C=O) groups excluding carboxylic acids is 1. The number of carbonyl (C=O) groups is 1. The topological polar surface area (TPSA) is 29.1 Å². The molecule has 0 bridgehead atoms. The Morgan fingerprint density at radius 3 is 2.32 bits per heavy atom. The van der Waals surface area contributed by atoms with E-state index < -0.39 is 0 Å². The van der Waals surface area contributed by atoms with Crippen LogP contribution < -0.4 is 5.32 Å². The van der Waals surface area contributed by atoms with E-state index in [9.17, 15) is 4.79 Å². The Bertz CT molecular complexity index is 591. The number of nitrogens with one attached hydrogen (secondary N) is 1. The lowest BCUT2D eigenvalue weighted by atomic mass is 10.2. The molecule has 0 aliphatic carbocycles. The van der Waals surface area contributed by atoms with Crippen molar-refractivity contribution in [2.45, 2.75) is 0 Å². The zero-order valence-corrected chi connectivity index (χ0v) is 13.7. The maximum Gasteiger partial charge on any atom is 0.248 e. The second-order valence-electron chi connectivity index (χ2n) is 3.88. The average molecular weight is 428 g/mol. The highest BCUT2D eigenvalue weighted by molar-refractivity contribution is 14.1. The molecular weight excluding hydrogens is 417 g/mol. The molecule has 4 heteroatoms. The number of hydrogen-bond donors (Lipinski definition) is 1. The van der Waals surface area contributed by atoms with Crippen molar-refractivity contribution in [1.82, 2.24) is 0 Å². The van der Waals surface area contributed by atoms with Gasteiger partial charge in [-0.25, -0.2) is 0 Å². The minimum atomic E-state index is -0.135. The Hall–Kier alpha value is -1.14. The summed E-state index contributed by atoms with van der Waals surface area (Å²) in [4.78, 5) is 11.7. The van der Waals surface area contributed by atoms with Crippen molar-refractivity contribution in [3.63, 3.8) is 0 Å². The van der Waals surface area contributed by atoms with Crippen LogP contribution >= 0.6 is 38.5 Å². The van der Waals surface area contributed by atoms with Crippen molar-refractivity contribution in [2.75, 3.05) is 5.32 Å². The second-order valence-corrected chi connectivity index (χ2v) is 6.04. The van der Waals surface area contributed by atoms with Crippen LogP contribution in [0.5, 0.6) is 0 Å². The summed E-state index contributed by atoms with van der Waals surface area (Å²) in [5.74, 6) is -0.135. The Labute approximate surface area is 134 Å². The molecule has 0 heterocycles. The summed E-state index contributed by atoms with van der Waals surface area (Å²) in [6.45, 7) is 0. The fourth-order valence-corrected chi connectivity index (χ4v) is 2.09. The highest BCUT2D eigenvalue weighted by atomic mass is 127. The predicted octanol–water partition coefficient (Wildman–Crippen LogP) is 4.71. The number of rotatable bonds is 3. The molecule has 0 atom stereocenters. The average Bonchev–Trinajstić information content (AvgIpc) is 2.41. The molecule has 0 saturated heterocycles. The van der Waals surface area contributed by atoms with E-state index in [1.165, 1.54) is 6.08 Å². The molecule has 0 fully saturated rings. The van der Waals surface area contributed by atoms with Gasteiger partial charge in [-0.05, 0) is 70.6 Å². The summed E-state index contributed by atoms with van der Waals surface area (Å²) in [6.07, 6.45) is 3.32. The van der Waals surface area contributed by atoms with Crippen molar-refractivity contribution in [3.05, 3.63) is 68.2 Å². The number of hydrogen-bond acceptors (Lipinski definition) is 1. The molecule has 1 amide bonds. The largest absolute Gasteiger partial charge is 0.323 e. The Balaban J connectivity index is 1.97. The predicted molar refractivity (Wildman–Crippen MR) is 91.0 cm³/mol. The summed E-state index contributed by atoms with van der Waals surface area (Å²) >= 11 is 5.60. The quantitative estimate of drug-likeness (QED) is 0.558. The van der Waals surface area contributed by atoms with Crippen molar-refractivity contribution in [2.24, 2.45) is 0 Å². The fourth-order valence-electron chi connectivity index (χ4n) is 1.46. The van der Waals surface area contributed by atoms with Gasteiger partial charge in [0.2, 0.25) is 5.91 Å². The smallest absolute Gasteiger partial charge is 0.248 e. The molecule has 0 aliphatic rings. The summed E-state index contributed by atoms with van der Waals surface area (Å²) < 4.78 is 2.16. The van der Waals surface area contributed by atoms with Crippen LogP contribution in [0.2, 0.25) is 0 Å². The first-order chi connectivity index (χ1) is 9.13. The molecule has 0 radical (unpaired) electrons. The first-order valence-corrected chi connectivity index (χ1v) is 7.51. The summed E-state index contributed by atoms with van der Waals surface area (Å²) in [5.41, 5.74) is 1.78. The molecule has 2 rings (SSSR count). The SMILES string of the molecule is O=C(C=Cc1ccc(Br)cc1)Nc1ccc(I)cc1. The third-order valence-electron chi connectivity index (χ3n) is 2.41. The standard InChI is InChI=1S/C15H11BrINO/c16-12-4-1-11(2-5-12)3-10-15(19)18-14-8-6-13(17)7-9-14/h1-10H,(H,18,19). The van der Waals surface area contributed by atoms with Gasteiger partial charge in [-0.3, -0.25) is 4.79 Å². The lowest BCUT2D eigenvalue weighted by Crippen LogP contribution is -2.07. The van der Waals surface area contributed by atoms with Crippen LogP contribution in [0.15, 0.2) is 59.1 Å². The molecular formula is C15H11BrINO. The molecule has 0 aromatic heterocycles. The number of benzene rings is 2. The minimum absolute atomic E-state index is 0.135. The second kappa shape index (κ2) is 6.86. The Kier molecular flexibility index (Phi) is 5.15. The van der Waals surface area contributed by atoms with E-state index in [0.717, 1.165) is 19.3 Å². The molecule has 2 aromatic carbocycles. The molecule has 19 heavy (non-hydrogen) atoms. The fraction of sp³-hybridized carbons (Fsp3) is 0. The lowest BCUT2D eigenvalue weighted by molar-refractivity contribution is -0.111. The lowest BCUT2D eigenvalue weighted by Gasteiger charge is -2.01. The molecule has 0 aliphatic heterocycles. The third kappa shape index (κ3) is 4.80. The van der Waals surface area contributed by atoms with Gasteiger partial charge in [0.15, 0.2) is 0 Å². The van der Waals surface area contributed by atoms with E-state index in [-0.39, 0.29) is 5.91 Å². The molecule has 2 aromatic rings. The van der Waals surface area contributed by atoms with E-state index in [1.807, 2.05) is 48.5 Å². The van der Waals surface area contributed by atoms with Crippen LogP contribution in [0.3, 0.4) is 0 Å². The van der Waals surface area contributed by atoms with E-state index in [4.69, 9.17) is 0 Å². The van der Waals surface area contributed by atoms with Crippen LogP contribution in [0.1, 0.15) is 5.56 Å². The van der Waals surface area contributed by atoms with Crippen molar-refractivity contribution in [1.29, 1.82) is 0 Å². The summed E-state index contributed by atoms with van der Waals surface area (Å²) in [7, 11) is 0. The van der Waals surface area contributed by atoms with Gasteiger partial charge in [0.1, 0.15) is 0 Å². The van der Waals surface area contributed by atoms with Gasteiger partial charge in [0.25, 0.3) is 0 Å². The molecule has 2 nitrogen and oxygen atoms in total. The van der Waals surface area contributed by atoms with E-state index in [0.29, 0.717) is 0 Å². The van der Waals surface area contributed by atoms with E-state index in [1.54, 1.807) is 6.08 Å². The van der Waals surface area contributed by atoms with Gasteiger partial charge in [0, 0.05) is 19.8 Å². The van der Waals surface area contributed by atoms with E-state index in [2.05, 4.69) is 43.8 Å². The van der Waals surface area contributed by atoms with Gasteiger partial charge < -0.3 is 5.32 Å². The van der Waals surface area contributed by atoms with Gasteiger partial charge in [-0.2, -0.15) is 0 Å². The zero-order chi connectivity index (χ0) is 13.7. The van der Waals surface area contributed by atoms with Crippen molar-refractivity contribution >= 4 is 56.2 Å². The first kappa shape index (κ1) is 14.3. The summed E-state index contributed by atoms with van der Waals surface area (Å²) in [6, 6.07) is 15.4. The summed E-state index contributed by atoms with van der Waals surface area (Å²) in [5, 5.41) is 2.81. The first-order valence-electron chi connectivity index (χ1n) is 5.64. The zero-order valence-electron chi connectivity index (χ0n) is 9.94. The van der Waals surface area contributed by atoms with Crippen molar-refractivity contribution in [3.8, 4) is 0 Å². The van der Waals surface area contributed by atoms with Crippen LogP contribution in [0, 0.1) is 3.57 Å². The van der Waals surface area contributed by atoms with Crippen LogP contribution in [0.4, 0.5) is 5.69 Å². The highest BCUT2D eigenvalue weighted by Gasteiger charge is 1.97. The highest BCUT2D eigenvalue weighted by Crippen LogP contribution is 2.13. The maximum atomic E-state index is 11.7. The van der Waals surface area contributed by atoms with E-state index >= 15 is 0 Å². The maximum absolute atomic E-state index is 11.7. The monoisotopic (exact) mass is 427 g/mol. The molecule has 0 unspecified atom stereocenters. The molecule has 1 N–H and O–H groups in total.